The molecule has 3 heterocycles. The Hall–Kier alpha value is -2.60. The second-order valence-electron chi connectivity index (χ2n) is 6.09. The summed E-state index contributed by atoms with van der Waals surface area (Å²) in [7, 11) is 0. The fraction of sp³-hybridized carbons (Fsp3) is 0.438. The van der Waals surface area contributed by atoms with Gasteiger partial charge in [0.1, 0.15) is 29.4 Å². The highest BCUT2D eigenvalue weighted by molar-refractivity contribution is 8.00. The van der Waals surface area contributed by atoms with Crippen LogP contribution in [0.4, 0.5) is 5.13 Å². The quantitative estimate of drug-likeness (QED) is 0.249. The van der Waals surface area contributed by atoms with Crippen LogP contribution in [-0.2, 0) is 19.2 Å². The van der Waals surface area contributed by atoms with E-state index in [9.17, 15) is 19.5 Å². The number of nitrogens with two attached hydrogens (primary N) is 1. The average Bonchev–Trinajstić information content (AvgIpc) is 3.08. The second kappa shape index (κ2) is 8.19. The largest absolute Gasteiger partial charge is 0.477 e. The average molecular weight is 425 g/mol. The number of anilines is 1. The fourth-order valence-corrected chi connectivity index (χ4v) is 4.62. The molecule has 10 nitrogen and oxygen atoms in total. The van der Waals surface area contributed by atoms with Gasteiger partial charge in [-0.05, 0) is 19.4 Å². The van der Waals surface area contributed by atoms with Crippen molar-refractivity contribution in [3.8, 4) is 0 Å². The fourth-order valence-electron chi connectivity index (χ4n) is 2.74. The minimum absolute atomic E-state index is 0.0702. The number of hydrogen-bond acceptors (Lipinski definition) is 9. The van der Waals surface area contributed by atoms with Gasteiger partial charge in [-0.15, -0.1) is 23.1 Å². The predicted octanol–water partition coefficient (Wildman–Crippen LogP) is 0.613. The summed E-state index contributed by atoms with van der Waals surface area (Å²) in [5.74, 6) is -2.31. The summed E-state index contributed by atoms with van der Waals surface area (Å²) in [6.07, 6.45) is 2.22. The third kappa shape index (κ3) is 3.83. The zero-order chi connectivity index (χ0) is 20.4. The van der Waals surface area contributed by atoms with Crippen molar-refractivity contribution in [3.63, 3.8) is 0 Å². The molecule has 1 saturated heterocycles. The lowest BCUT2D eigenvalue weighted by Gasteiger charge is -2.49. The molecule has 0 spiro atoms. The highest BCUT2D eigenvalue weighted by Crippen LogP contribution is 2.40. The smallest absolute Gasteiger partial charge is 0.352 e. The first-order valence-corrected chi connectivity index (χ1v) is 10.3. The molecule has 2 amide bonds. The van der Waals surface area contributed by atoms with Crippen LogP contribution in [0, 0.1) is 0 Å². The summed E-state index contributed by atoms with van der Waals surface area (Å²) >= 11 is 2.54. The topological polar surface area (TPSA) is 147 Å². The summed E-state index contributed by atoms with van der Waals surface area (Å²) in [5.41, 5.74) is 5.72. The standard InChI is InChI=1S/C16H19N5O5S2/c1-3-4-26-20-10(8-6-27-16(17)18-8)12(22)19-11-13(23)21-9(15(24)25)5-7(2)28-14(11)21/h5-7,11,14H,3-4H2,1-2H3,(H2,17,18)(H,19,22)(H,24,25)/t7?,11?,14-/m1/s1. The van der Waals surface area contributed by atoms with E-state index in [1.165, 1.54) is 22.7 Å². The monoisotopic (exact) mass is 425 g/mol. The summed E-state index contributed by atoms with van der Waals surface area (Å²) in [6.45, 7) is 4.04. The number of hydrogen-bond donors (Lipinski definition) is 3. The molecular formula is C16H19N5O5S2. The van der Waals surface area contributed by atoms with Gasteiger partial charge in [-0.25, -0.2) is 9.78 Å². The highest BCUT2D eigenvalue weighted by Gasteiger charge is 2.54. The Kier molecular flexibility index (Phi) is 5.89. The third-order valence-corrected chi connectivity index (χ3v) is 5.99. The van der Waals surface area contributed by atoms with Crippen molar-refractivity contribution in [2.24, 2.45) is 5.16 Å². The molecule has 1 fully saturated rings. The zero-order valence-corrected chi connectivity index (χ0v) is 16.7. The molecule has 0 radical (unpaired) electrons. The molecule has 3 atom stereocenters. The maximum Gasteiger partial charge on any atom is 0.352 e. The Morgan fingerprint density at radius 2 is 2.25 bits per heavy atom. The Morgan fingerprint density at radius 1 is 1.50 bits per heavy atom. The number of nitrogen functional groups attached to an aromatic ring is 1. The number of thiazole rings is 1. The summed E-state index contributed by atoms with van der Waals surface area (Å²) < 4.78 is 0. The molecule has 4 N–H and O–H groups in total. The number of thioether (sulfide) groups is 1. The number of nitrogens with zero attached hydrogens (tertiary/aromatic N) is 3. The second-order valence-corrected chi connectivity index (χ2v) is 8.48. The van der Waals surface area contributed by atoms with Crippen LogP contribution in [0.15, 0.2) is 22.3 Å². The van der Waals surface area contributed by atoms with Gasteiger partial charge in [0.15, 0.2) is 10.8 Å². The van der Waals surface area contributed by atoms with Gasteiger partial charge >= 0.3 is 5.97 Å². The van der Waals surface area contributed by atoms with Gasteiger partial charge in [0.05, 0.1) is 0 Å². The summed E-state index contributed by atoms with van der Waals surface area (Å²) in [5, 5.41) is 17.0. The molecule has 150 valence electrons. The van der Waals surface area contributed by atoms with E-state index < -0.39 is 29.2 Å². The first kappa shape index (κ1) is 20.1. The predicted molar refractivity (Wildman–Crippen MR) is 105 cm³/mol. The van der Waals surface area contributed by atoms with Gasteiger partial charge < -0.3 is 21.0 Å². The summed E-state index contributed by atoms with van der Waals surface area (Å²) in [6, 6.07) is -0.865. The molecule has 1 aromatic heterocycles. The van der Waals surface area contributed by atoms with E-state index in [0.717, 1.165) is 11.3 Å². The van der Waals surface area contributed by atoms with Crippen molar-refractivity contribution in [2.45, 2.75) is 36.9 Å². The van der Waals surface area contributed by atoms with Crippen molar-refractivity contribution in [1.29, 1.82) is 0 Å². The molecular weight excluding hydrogens is 406 g/mol. The van der Waals surface area contributed by atoms with Gasteiger partial charge in [0.2, 0.25) is 0 Å². The molecule has 2 aliphatic rings. The van der Waals surface area contributed by atoms with E-state index in [1.54, 1.807) is 5.38 Å². The van der Waals surface area contributed by atoms with Gasteiger partial charge in [0, 0.05) is 10.6 Å². The summed E-state index contributed by atoms with van der Waals surface area (Å²) in [4.78, 5) is 47.0. The molecule has 0 bridgehead atoms. The first-order chi connectivity index (χ1) is 13.3. The van der Waals surface area contributed by atoms with Crippen LogP contribution in [0.25, 0.3) is 0 Å². The van der Waals surface area contributed by atoms with Crippen molar-refractivity contribution >= 4 is 51.7 Å². The van der Waals surface area contributed by atoms with Crippen LogP contribution < -0.4 is 11.1 Å². The number of β-lactam (4-membered cyclic amide) rings is 1. The SMILES string of the molecule is CCCON=C(C(=O)NC1C(=O)N2C(C(=O)O)=CC(C)S[C@H]12)c1csc(N)n1. The number of rotatable bonds is 7. The van der Waals surface area contributed by atoms with Crippen molar-refractivity contribution in [2.75, 3.05) is 12.3 Å². The number of oxime groups is 1. The van der Waals surface area contributed by atoms with E-state index in [2.05, 4.69) is 15.5 Å². The molecule has 28 heavy (non-hydrogen) atoms. The van der Waals surface area contributed by atoms with E-state index in [-0.39, 0.29) is 27.5 Å². The number of carbonyl (C=O) groups is 3. The van der Waals surface area contributed by atoms with Crippen LogP contribution in [0.3, 0.4) is 0 Å². The number of amides is 2. The van der Waals surface area contributed by atoms with E-state index in [1.807, 2.05) is 13.8 Å². The highest BCUT2D eigenvalue weighted by atomic mass is 32.2. The maximum absolute atomic E-state index is 12.8. The normalized spacial score (nSPS) is 24.1. The molecule has 3 rings (SSSR count). The van der Waals surface area contributed by atoms with E-state index in [0.29, 0.717) is 13.0 Å². The lowest BCUT2D eigenvalue weighted by molar-refractivity contribution is -0.150. The van der Waals surface area contributed by atoms with Crippen LogP contribution in [0.5, 0.6) is 0 Å². The Bertz CT molecular complexity index is 867. The number of aromatic nitrogens is 1. The molecule has 1 aromatic rings. The Morgan fingerprint density at radius 3 is 2.86 bits per heavy atom. The van der Waals surface area contributed by atoms with E-state index in [4.69, 9.17) is 10.6 Å². The Balaban J connectivity index is 1.77. The molecule has 0 aromatic carbocycles. The lowest BCUT2D eigenvalue weighted by atomic mass is 10.0. The van der Waals surface area contributed by atoms with Gasteiger partial charge in [-0.3, -0.25) is 14.5 Å². The number of aliphatic carboxylic acids is 1. The van der Waals surface area contributed by atoms with Crippen LogP contribution in [0.1, 0.15) is 26.0 Å². The van der Waals surface area contributed by atoms with Crippen molar-refractivity contribution in [1.82, 2.24) is 15.2 Å². The molecule has 2 aliphatic heterocycles. The van der Waals surface area contributed by atoms with E-state index >= 15 is 0 Å². The van der Waals surface area contributed by atoms with Gasteiger partial charge in [0.25, 0.3) is 11.8 Å². The van der Waals surface area contributed by atoms with Crippen LogP contribution in [0.2, 0.25) is 0 Å². The van der Waals surface area contributed by atoms with Crippen molar-refractivity contribution in [3.05, 3.63) is 22.8 Å². The number of carboxylic acid groups (broad SMARTS) is 1. The number of carboxylic acids is 1. The minimum atomic E-state index is -1.18. The van der Waals surface area contributed by atoms with Gasteiger partial charge in [-0.1, -0.05) is 12.1 Å². The minimum Gasteiger partial charge on any atom is -0.477 e. The van der Waals surface area contributed by atoms with Crippen LogP contribution >= 0.6 is 23.1 Å². The molecule has 12 heteroatoms. The molecule has 0 aliphatic carbocycles. The lowest BCUT2D eigenvalue weighted by Crippen LogP contribution is -2.71. The Labute approximate surface area is 168 Å². The van der Waals surface area contributed by atoms with Crippen molar-refractivity contribution < 1.29 is 24.3 Å². The molecule has 2 unspecified atom stereocenters. The third-order valence-electron chi connectivity index (χ3n) is 3.99. The van der Waals surface area contributed by atoms with Crippen LogP contribution in [-0.4, -0.2) is 61.8 Å². The molecule has 0 saturated carbocycles. The first-order valence-electron chi connectivity index (χ1n) is 8.49. The number of carbonyl (C=O) groups excluding carboxylic acids is 2. The number of fused-ring (bicyclic) bond motifs is 1. The van der Waals surface area contributed by atoms with Gasteiger partial charge in [-0.2, -0.15) is 0 Å². The maximum atomic E-state index is 12.8. The number of nitrogens with one attached hydrogen (secondary N) is 1. The zero-order valence-electron chi connectivity index (χ0n) is 15.1.